The highest BCUT2D eigenvalue weighted by molar-refractivity contribution is 7.91. The third-order valence-corrected chi connectivity index (χ3v) is 6.43. The lowest BCUT2D eigenvalue weighted by Gasteiger charge is -2.26. The zero-order valence-corrected chi connectivity index (χ0v) is 13.4. The third-order valence-electron chi connectivity index (χ3n) is 3.40. The van der Waals surface area contributed by atoms with Crippen molar-refractivity contribution >= 4 is 27.3 Å². The molecule has 0 amide bonds. The lowest BCUT2D eigenvalue weighted by molar-refractivity contribution is -0.136. The van der Waals surface area contributed by atoms with Gasteiger partial charge in [0.15, 0.2) is 0 Å². The molecule has 0 saturated carbocycles. The van der Waals surface area contributed by atoms with Crippen molar-refractivity contribution in [3.8, 4) is 0 Å². The number of hydrogen-bond donors (Lipinski definition) is 2. The van der Waals surface area contributed by atoms with E-state index in [2.05, 4.69) is 9.62 Å². The minimum Gasteiger partial charge on any atom is -0.481 e. The fourth-order valence-corrected chi connectivity index (χ4v) is 4.75. The van der Waals surface area contributed by atoms with Gasteiger partial charge in [0.1, 0.15) is 4.21 Å². The van der Waals surface area contributed by atoms with Crippen molar-refractivity contribution < 1.29 is 18.3 Å². The maximum Gasteiger partial charge on any atom is 0.308 e. The molecule has 0 aromatic carbocycles. The summed E-state index contributed by atoms with van der Waals surface area (Å²) >= 11 is 1.01. The Labute approximate surface area is 128 Å². The second-order valence-electron chi connectivity index (χ2n) is 5.09. The number of sulfonamides is 1. The lowest BCUT2D eigenvalue weighted by atomic mass is 10.1. The lowest BCUT2D eigenvalue weighted by Crippen LogP contribution is -2.37. The minimum atomic E-state index is -3.53. The molecule has 1 aromatic rings. The summed E-state index contributed by atoms with van der Waals surface area (Å²) < 4.78 is 27.0. The summed E-state index contributed by atoms with van der Waals surface area (Å²) in [6, 6.07) is 3.02. The number of carbonyl (C=O) groups is 1. The second kappa shape index (κ2) is 7.35. The van der Waals surface area contributed by atoms with Gasteiger partial charge in [-0.05, 0) is 38.1 Å². The van der Waals surface area contributed by atoms with E-state index in [1.165, 1.54) is 25.3 Å². The minimum absolute atomic E-state index is 0.145. The molecular formula is C13H20N2O4S2. The van der Waals surface area contributed by atoms with Gasteiger partial charge in [-0.1, -0.05) is 6.42 Å². The summed E-state index contributed by atoms with van der Waals surface area (Å²) in [5, 5.41) is 8.70. The van der Waals surface area contributed by atoms with Gasteiger partial charge in [0.05, 0.1) is 6.42 Å². The van der Waals surface area contributed by atoms with Gasteiger partial charge in [-0.25, -0.2) is 13.1 Å². The van der Waals surface area contributed by atoms with Crippen LogP contribution in [0.4, 0.5) is 0 Å². The van der Waals surface area contributed by atoms with Gasteiger partial charge in [-0.2, -0.15) is 0 Å². The van der Waals surface area contributed by atoms with Crippen LogP contribution in [0.25, 0.3) is 0 Å². The van der Waals surface area contributed by atoms with Gasteiger partial charge in [0.2, 0.25) is 10.0 Å². The summed E-state index contributed by atoms with van der Waals surface area (Å²) in [4.78, 5) is 13.4. The van der Waals surface area contributed by atoms with E-state index < -0.39 is 16.0 Å². The second-order valence-corrected chi connectivity index (χ2v) is 8.25. The van der Waals surface area contributed by atoms with Gasteiger partial charge in [0, 0.05) is 18.0 Å². The largest absolute Gasteiger partial charge is 0.481 e. The molecule has 118 valence electrons. The molecule has 1 saturated heterocycles. The maximum absolute atomic E-state index is 12.1. The smallest absolute Gasteiger partial charge is 0.308 e. The highest BCUT2D eigenvalue weighted by atomic mass is 32.2. The van der Waals surface area contributed by atoms with Crippen molar-refractivity contribution in [2.24, 2.45) is 0 Å². The fraction of sp³-hybridized carbons (Fsp3) is 0.615. The predicted molar refractivity (Wildman–Crippen MR) is 81.1 cm³/mol. The number of nitrogens with zero attached hydrogens (tertiary/aromatic N) is 1. The third kappa shape index (κ3) is 5.06. The number of thiophene rings is 1. The first-order valence-electron chi connectivity index (χ1n) is 7.00. The normalized spacial score (nSPS) is 17.0. The van der Waals surface area contributed by atoms with Gasteiger partial charge in [-0.15, -0.1) is 11.3 Å². The molecule has 0 radical (unpaired) electrons. The van der Waals surface area contributed by atoms with Crippen LogP contribution < -0.4 is 4.72 Å². The average molecular weight is 332 g/mol. The number of rotatable bonds is 7. The van der Waals surface area contributed by atoms with Crippen molar-refractivity contribution in [1.29, 1.82) is 0 Å². The summed E-state index contributed by atoms with van der Waals surface area (Å²) in [6.07, 6.45) is 3.46. The summed E-state index contributed by atoms with van der Waals surface area (Å²) in [5.41, 5.74) is 0. The van der Waals surface area contributed by atoms with Crippen LogP contribution in [0.1, 0.15) is 24.1 Å². The molecule has 8 heteroatoms. The van der Waals surface area contributed by atoms with Crippen molar-refractivity contribution in [3.05, 3.63) is 17.0 Å². The molecule has 1 aliphatic heterocycles. The predicted octanol–water partition coefficient (Wildman–Crippen LogP) is 1.14. The van der Waals surface area contributed by atoms with E-state index in [0.29, 0.717) is 18.0 Å². The number of carboxylic acids is 1. The van der Waals surface area contributed by atoms with E-state index in [1.54, 1.807) is 6.07 Å². The molecule has 21 heavy (non-hydrogen) atoms. The molecule has 0 bridgehead atoms. The van der Waals surface area contributed by atoms with E-state index in [-0.39, 0.29) is 10.6 Å². The Morgan fingerprint density at radius 2 is 2.00 bits per heavy atom. The highest BCUT2D eigenvalue weighted by Crippen LogP contribution is 2.21. The molecule has 1 aliphatic rings. The van der Waals surface area contributed by atoms with Crippen LogP contribution in [-0.4, -0.2) is 50.6 Å². The monoisotopic (exact) mass is 332 g/mol. The molecule has 2 N–H and O–H groups in total. The van der Waals surface area contributed by atoms with Crippen LogP contribution in [-0.2, 0) is 21.2 Å². The van der Waals surface area contributed by atoms with Crippen LogP contribution >= 0.6 is 11.3 Å². The Balaban J connectivity index is 1.85. The topological polar surface area (TPSA) is 86.7 Å². The van der Waals surface area contributed by atoms with E-state index in [1.807, 2.05) is 0 Å². The molecule has 0 aliphatic carbocycles. The van der Waals surface area contributed by atoms with E-state index in [9.17, 15) is 13.2 Å². The Morgan fingerprint density at radius 1 is 1.29 bits per heavy atom. The van der Waals surface area contributed by atoms with E-state index >= 15 is 0 Å². The maximum atomic E-state index is 12.1. The molecule has 0 spiro atoms. The summed E-state index contributed by atoms with van der Waals surface area (Å²) in [7, 11) is -3.53. The standard InChI is InChI=1S/C13H20N2O4S2/c16-12(17)10-11-4-5-13(20-11)21(18,19)14-6-9-15-7-2-1-3-8-15/h4-5,14H,1-3,6-10H2,(H,16,17). The zero-order valence-electron chi connectivity index (χ0n) is 11.7. The number of nitrogens with one attached hydrogen (secondary N) is 1. The first-order valence-corrected chi connectivity index (χ1v) is 9.30. The number of aliphatic carboxylic acids is 1. The number of carboxylic acid groups (broad SMARTS) is 1. The van der Waals surface area contributed by atoms with Gasteiger partial charge in [-0.3, -0.25) is 4.79 Å². The molecule has 1 fully saturated rings. The zero-order chi connectivity index (χ0) is 15.3. The van der Waals surface area contributed by atoms with Crippen molar-refractivity contribution in [3.63, 3.8) is 0 Å². The molecule has 1 aromatic heterocycles. The quantitative estimate of drug-likeness (QED) is 0.782. The Morgan fingerprint density at radius 3 is 2.67 bits per heavy atom. The van der Waals surface area contributed by atoms with Gasteiger partial charge < -0.3 is 10.0 Å². The van der Waals surface area contributed by atoms with Crippen molar-refractivity contribution in [2.75, 3.05) is 26.2 Å². The molecule has 2 rings (SSSR count). The van der Waals surface area contributed by atoms with Crippen LogP contribution in [0.5, 0.6) is 0 Å². The van der Waals surface area contributed by atoms with Crippen LogP contribution in [0, 0.1) is 0 Å². The van der Waals surface area contributed by atoms with Gasteiger partial charge >= 0.3 is 5.97 Å². The molecule has 2 heterocycles. The first kappa shape index (κ1) is 16.4. The average Bonchev–Trinajstić information content (AvgIpc) is 2.88. The number of hydrogen-bond acceptors (Lipinski definition) is 5. The Hall–Kier alpha value is -0.960. The van der Waals surface area contributed by atoms with E-state index in [4.69, 9.17) is 5.11 Å². The summed E-state index contributed by atoms with van der Waals surface area (Å²) in [6.45, 7) is 3.16. The van der Waals surface area contributed by atoms with Gasteiger partial charge in [0.25, 0.3) is 0 Å². The number of piperidine rings is 1. The molecular weight excluding hydrogens is 312 g/mol. The molecule has 0 atom stereocenters. The van der Waals surface area contributed by atoms with Crippen LogP contribution in [0.2, 0.25) is 0 Å². The highest BCUT2D eigenvalue weighted by Gasteiger charge is 2.18. The summed E-state index contributed by atoms with van der Waals surface area (Å²) in [5.74, 6) is -0.959. The Kier molecular flexibility index (Phi) is 5.74. The van der Waals surface area contributed by atoms with Crippen molar-refractivity contribution in [1.82, 2.24) is 9.62 Å². The van der Waals surface area contributed by atoms with E-state index in [0.717, 1.165) is 24.4 Å². The van der Waals surface area contributed by atoms with Crippen LogP contribution in [0.15, 0.2) is 16.3 Å². The van der Waals surface area contributed by atoms with Crippen LogP contribution in [0.3, 0.4) is 0 Å². The Bertz CT molecular complexity index is 577. The SMILES string of the molecule is O=C(O)Cc1ccc(S(=O)(=O)NCCN2CCCCC2)s1. The molecule has 6 nitrogen and oxygen atoms in total. The first-order chi connectivity index (χ1) is 9.97. The fourth-order valence-electron chi connectivity index (χ4n) is 2.34. The number of likely N-dealkylation sites (tertiary alicyclic amines) is 1. The molecule has 0 unspecified atom stereocenters. The van der Waals surface area contributed by atoms with Crippen molar-refractivity contribution in [2.45, 2.75) is 29.9 Å².